The van der Waals surface area contributed by atoms with Gasteiger partial charge in [-0.05, 0) is 57.7 Å². The smallest absolute Gasteiger partial charge is 0.223 e. The molecular formula is C28H35N7O2. The third-order valence-corrected chi connectivity index (χ3v) is 7.29. The summed E-state index contributed by atoms with van der Waals surface area (Å²) in [6, 6.07) is 8.56. The molecule has 0 saturated carbocycles. The monoisotopic (exact) mass is 501 g/mol. The fourth-order valence-corrected chi connectivity index (χ4v) is 5.27. The number of hydrogen-bond donors (Lipinski definition) is 1. The van der Waals surface area contributed by atoms with Crippen molar-refractivity contribution in [2.75, 3.05) is 49.1 Å². The molecule has 3 aromatic heterocycles. The van der Waals surface area contributed by atoms with E-state index in [0.29, 0.717) is 18.7 Å². The van der Waals surface area contributed by atoms with Crippen molar-refractivity contribution in [3.8, 4) is 17.2 Å². The maximum atomic E-state index is 12.5. The van der Waals surface area contributed by atoms with Crippen LogP contribution in [0, 0.1) is 17.2 Å². The van der Waals surface area contributed by atoms with Crippen molar-refractivity contribution in [2.24, 2.45) is 5.92 Å². The van der Waals surface area contributed by atoms with Crippen molar-refractivity contribution < 1.29 is 9.53 Å². The first kappa shape index (κ1) is 25.0. The van der Waals surface area contributed by atoms with Gasteiger partial charge in [-0.2, -0.15) is 10.4 Å². The maximum Gasteiger partial charge on any atom is 0.223 e. The number of hydrogen-bond acceptors (Lipinski definition) is 7. The number of ether oxygens (including phenoxy) is 1. The van der Waals surface area contributed by atoms with Crippen molar-refractivity contribution >= 4 is 22.9 Å². The second-order valence-corrected chi connectivity index (χ2v) is 10.1. The molecule has 2 aliphatic rings. The van der Waals surface area contributed by atoms with Gasteiger partial charge in [0, 0.05) is 56.0 Å². The van der Waals surface area contributed by atoms with Crippen LogP contribution in [0.15, 0.2) is 36.8 Å². The Hall–Kier alpha value is -3.64. The number of nitriles is 1. The highest BCUT2D eigenvalue weighted by Gasteiger charge is 2.25. The summed E-state index contributed by atoms with van der Waals surface area (Å²) >= 11 is 0. The fourth-order valence-electron chi connectivity index (χ4n) is 5.27. The summed E-state index contributed by atoms with van der Waals surface area (Å²) in [6.45, 7) is 8.74. The Morgan fingerprint density at radius 3 is 2.62 bits per heavy atom. The zero-order chi connectivity index (χ0) is 25.8. The van der Waals surface area contributed by atoms with Crippen molar-refractivity contribution in [2.45, 2.75) is 45.6 Å². The Bertz CT molecular complexity index is 1260. The number of aromatic nitrogens is 3. The van der Waals surface area contributed by atoms with Crippen LogP contribution in [0.5, 0.6) is 0 Å². The minimum Gasteiger partial charge on any atom is -0.377 e. The number of pyridine rings is 2. The Morgan fingerprint density at radius 1 is 1.16 bits per heavy atom. The lowest BCUT2D eigenvalue weighted by molar-refractivity contribution is -0.125. The van der Waals surface area contributed by atoms with Crippen LogP contribution in [0.25, 0.3) is 16.6 Å². The molecule has 5 heterocycles. The number of carbonyl (C=O) groups is 1. The van der Waals surface area contributed by atoms with Gasteiger partial charge < -0.3 is 19.9 Å². The number of rotatable bonds is 8. The first-order valence-corrected chi connectivity index (χ1v) is 13.3. The Labute approximate surface area is 218 Å². The summed E-state index contributed by atoms with van der Waals surface area (Å²) in [4.78, 5) is 21.9. The molecule has 37 heavy (non-hydrogen) atoms. The van der Waals surface area contributed by atoms with E-state index in [-0.39, 0.29) is 17.9 Å². The molecule has 0 bridgehead atoms. The van der Waals surface area contributed by atoms with Gasteiger partial charge in [0.15, 0.2) is 0 Å². The molecule has 1 amide bonds. The molecule has 194 valence electrons. The summed E-state index contributed by atoms with van der Waals surface area (Å²) in [6.07, 6.45) is 9.71. The molecule has 0 spiro atoms. The SMILES string of the molecule is CC(C)OCCNC(=O)C1CCN(c2ccc(-c3cc(N4CCCC4)cn4ncc(C#N)c34)cn2)CC1. The highest BCUT2D eigenvalue weighted by Crippen LogP contribution is 2.33. The lowest BCUT2D eigenvalue weighted by atomic mass is 9.96. The van der Waals surface area contributed by atoms with Crippen LogP contribution in [0.2, 0.25) is 0 Å². The molecule has 0 aliphatic carbocycles. The van der Waals surface area contributed by atoms with Crippen molar-refractivity contribution in [3.63, 3.8) is 0 Å². The number of carbonyl (C=O) groups excluding carboxylic acids is 1. The van der Waals surface area contributed by atoms with Crippen LogP contribution in [0.1, 0.15) is 45.1 Å². The third kappa shape index (κ3) is 5.54. The van der Waals surface area contributed by atoms with Crippen LogP contribution in [0.3, 0.4) is 0 Å². The lowest BCUT2D eigenvalue weighted by Crippen LogP contribution is -2.41. The standard InChI is InChI=1S/C28H35N7O2/c1-20(2)37-14-9-30-28(36)21-7-12-34(13-8-21)26-6-5-22(17-31-26)25-15-24(33-10-3-4-11-33)19-35-27(25)23(16-29)18-32-35/h5-6,15,17-21H,3-4,7-14H2,1-2H3,(H,30,36). The molecule has 0 radical (unpaired) electrons. The van der Waals surface area contributed by atoms with E-state index in [9.17, 15) is 10.1 Å². The predicted molar refractivity (Wildman–Crippen MR) is 144 cm³/mol. The second kappa shape index (κ2) is 11.2. The quantitative estimate of drug-likeness (QED) is 0.471. The molecule has 1 N–H and O–H groups in total. The minimum absolute atomic E-state index is 0.0300. The average molecular weight is 502 g/mol. The molecule has 3 aromatic rings. The molecule has 0 unspecified atom stereocenters. The fraction of sp³-hybridized carbons (Fsp3) is 0.500. The minimum atomic E-state index is 0.0300. The first-order chi connectivity index (χ1) is 18.0. The second-order valence-electron chi connectivity index (χ2n) is 10.1. The van der Waals surface area contributed by atoms with E-state index < -0.39 is 0 Å². The Balaban J connectivity index is 1.27. The molecule has 2 saturated heterocycles. The van der Waals surface area contributed by atoms with Crippen molar-refractivity contribution in [1.29, 1.82) is 5.26 Å². The summed E-state index contributed by atoms with van der Waals surface area (Å²) in [5.41, 5.74) is 4.42. The van der Waals surface area contributed by atoms with Crippen LogP contribution >= 0.6 is 0 Å². The zero-order valence-corrected chi connectivity index (χ0v) is 21.7. The Kier molecular flexibility index (Phi) is 7.56. The van der Waals surface area contributed by atoms with E-state index in [4.69, 9.17) is 9.72 Å². The van der Waals surface area contributed by atoms with E-state index in [1.54, 1.807) is 6.20 Å². The molecule has 5 rings (SSSR count). The number of anilines is 2. The molecule has 0 atom stereocenters. The predicted octanol–water partition coefficient (Wildman–Crippen LogP) is 3.63. The molecular weight excluding hydrogens is 466 g/mol. The number of nitrogens with one attached hydrogen (secondary N) is 1. The van der Waals surface area contributed by atoms with Gasteiger partial charge in [0.1, 0.15) is 11.9 Å². The molecule has 2 fully saturated rings. The Morgan fingerprint density at radius 2 is 1.95 bits per heavy atom. The largest absolute Gasteiger partial charge is 0.377 e. The van der Waals surface area contributed by atoms with Gasteiger partial charge in [-0.25, -0.2) is 9.50 Å². The van der Waals surface area contributed by atoms with E-state index in [1.807, 2.05) is 36.8 Å². The van der Waals surface area contributed by atoms with Crippen LogP contribution in [-0.4, -0.2) is 65.9 Å². The van der Waals surface area contributed by atoms with Gasteiger partial charge in [0.2, 0.25) is 5.91 Å². The van der Waals surface area contributed by atoms with Crippen LogP contribution in [-0.2, 0) is 9.53 Å². The number of fused-ring (bicyclic) bond motifs is 1. The number of piperidine rings is 1. The summed E-state index contributed by atoms with van der Waals surface area (Å²) in [7, 11) is 0. The third-order valence-electron chi connectivity index (χ3n) is 7.29. The van der Waals surface area contributed by atoms with Gasteiger partial charge >= 0.3 is 0 Å². The zero-order valence-electron chi connectivity index (χ0n) is 21.7. The number of nitrogens with zero attached hydrogens (tertiary/aromatic N) is 6. The van der Waals surface area contributed by atoms with Gasteiger partial charge in [0.25, 0.3) is 0 Å². The first-order valence-electron chi connectivity index (χ1n) is 13.3. The normalized spacial score (nSPS) is 16.5. The molecule has 9 heteroatoms. The average Bonchev–Trinajstić information content (AvgIpc) is 3.61. The van der Waals surface area contributed by atoms with E-state index in [2.05, 4.69) is 38.4 Å². The molecule has 2 aliphatic heterocycles. The van der Waals surface area contributed by atoms with Crippen LogP contribution in [0.4, 0.5) is 11.5 Å². The summed E-state index contributed by atoms with van der Waals surface area (Å²) in [5, 5.41) is 17.1. The topological polar surface area (TPSA) is 98.8 Å². The highest BCUT2D eigenvalue weighted by molar-refractivity contribution is 5.86. The highest BCUT2D eigenvalue weighted by atomic mass is 16.5. The van der Waals surface area contributed by atoms with Crippen molar-refractivity contribution in [3.05, 3.63) is 42.4 Å². The maximum absolute atomic E-state index is 12.5. The van der Waals surface area contributed by atoms with Crippen molar-refractivity contribution in [1.82, 2.24) is 19.9 Å². The number of amides is 1. The summed E-state index contributed by atoms with van der Waals surface area (Å²) in [5.74, 6) is 1.06. The lowest BCUT2D eigenvalue weighted by Gasteiger charge is -2.32. The summed E-state index contributed by atoms with van der Waals surface area (Å²) < 4.78 is 7.33. The van der Waals surface area contributed by atoms with Gasteiger partial charge in [-0.1, -0.05) is 0 Å². The van der Waals surface area contributed by atoms with Gasteiger partial charge in [-0.15, -0.1) is 0 Å². The molecule has 0 aromatic carbocycles. The van der Waals surface area contributed by atoms with E-state index in [0.717, 1.165) is 67.2 Å². The van der Waals surface area contributed by atoms with Gasteiger partial charge in [-0.3, -0.25) is 4.79 Å². The van der Waals surface area contributed by atoms with E-state index in [1.165, 1.54) is 12.8 Å². The van der Waals surface area contributed by atoms with Gasteiger partial charge in [0.05, 0.1) is 41.9 Å². The van der Waals surface area contributed by atoms with Crippen LogP contribution < -0.4 is 15.1 Å². The molecule has 9 nitrogen and oxygen atoms in total. The van der Waals surface area contributed by atoms with E-state index >= 15 is 0 Å².